The van der Waals surface area contributed by atoms with Gasteiger partial charge in [-0.1, -0.05) is 68.7 Å². The zero-order valence-corrected chi connectivity index (χ0v) is 18.7. The molecule has 1 aromatic rings. The molecule has 0 aliphatic carbocycles. The van der Waals surface area contributed by atoms with E-state index in [0.717, 1.165) is 32.2 Å². The zero-order valence-electron chi connectivity index (χ0n) is 18.7. The molecule has 2 unspecified atom stereocenters. The highest BCUT2D eigenvalue weighted by Gasteiger charge is 2.16. The van der Waals surface area contributed by atoms with Gasteiger partial charge in [0.05, 0.1) is 0 Å². The first-order chi connectivity index (χ1) is 14.2. The summed E-state index contributed by atoms with van der Waals surface area (Å²) in [6.45, 7) is 3.23. The second-order valence-electron chi connectivity index (χ2n) is 8.39. The second kappa shape index (κ2) is 17.3. The Balaban J connectivity index is 2.55. The van der Waals surface area contributed by atoms with Crippen molar-refractivity contribution in [1.29, 1.82) is 0 Å². The zero-order chi connectivity index (χ0) is 21.2. The van der Waals surface area contributed by atoms with Crippen LogP contribution < -0.4 is 5.32 Å². The van der Waals surface area contributed by atoms with E-state index in [1.165, 1.54) is 50.5 Å². The maximum absolute atomic E-state index is 10.9. The average Bonchev–Trinajstić information content (AvgIpc) is 2.71. The van der Waals surface area contributed by atoms with Gasteiger partial charge in [0.25, 0.3) is 0 Å². The van der Waals surface area contributed by atoms with Crippen LogP contribution in [0, 0.1) is 11.8 Å². The Morgan fingerprint density at radius 1 is 1.03 bits per heavy atom. The van der Waals surface area contributed by atoms with E-state index in [0.29, 0.717) is 11.8 Å². The minimum absolute atomic E-state index is 0.284. The maximum Gasteiger partial charge on any atom is 0.303 e. The minimum atomic E-state index is -0.681. The number of carbonyl (C=O) groups is 1. The Kier molecular flexibility index (Phi) is 15.1. The highest BCUT2D eigenvalue weighted by Crippen LogP contribution is 2.25. The third-order valence-electron chi connectivity index (χ3n) is 5.71. The number of hydrogen-bond acceptors (Lipinski definition) is 2. The number of allylic oxidation sites excluding steroid dienone is 2. The molecule has 2 atom stereocenters. The van der Waals surface area contributed by atoms with Crippen LogP contribution in [0.5, 0.6) is 0 Å². The summed E-state index contributed by atoms with van der Waals surface area (Å²) in [6, 6.07) is 10.8. The van der Waals surface area contributed by atoms with Crippen molar-refractivity contribution < 1.29 is 9.90 Å². The van der Waals surface area contributed by atoms with Crippen LogP contribution in [0.2, 0.25) is 0 Å². The van der Waals surface area contributed by atoms with Crippen molar-refractivity contribution in [1.82, 2.24) is 5.32 Å². The van der Waals surface area contributed by atoms with Crippen molar-refractivity contribution >= 4 is 5.97 Å². The number of aliphatic carboxylic acids is 1. The van der Waals surface area contributed by atoms with Gasteiger partial charge in [-0.2, -0.15) is 0 Å². The normalized spacial score (nSPS) is 13.6. The van der Waals surface area contributed by atoms with Crippen LogP contribution in [0.4, 0.5) is 0 Å². The first kappa shape index (κ1) is 25.4. The molecule has 29 heavy (non-hydrogen) atoms. The molecule has 0 spiro atoms. The SMILES string of the molecule is CCCCCCC=CCC(CCc1ccccc1)CC(CCCC(=O)O)CNC. The minimum Gasteiger partial charge on any atom is -0.481 e. The summed E-state index contributed by atoms with van der Waals surface area (Å²) in [5.41, 5.74) is 1.41. The van der Waals surface area contributed by atoms with Crippen LogP contribution in [0.25, 0.3) is 0 Å². The summed E-state index contributed by atoms with van der Waals surface area (Å²) in [6.07, 6.45) is 17.9. The molecule has 1 aromatic carbocycles. The predicted molar refractivity (Wildman–Crippen MR) is 124 cm³/mol. The average molecular weight is 402 g/mol. The van der Waals surface area contributed by atoms with E-state index in [-0.39, 0.29) is 6.42 Å². The number of nitrogens with one attached hydrogen (secondary N) is 1. The molecular weight excluding hydrogens is 358 g/mol. The van der Waals surface area contributed by atoms with Gasteiger partial charge >= 0.3 is 5.97 Å². The van der Waals surface area contributed by atoms with Crippen molar-refractivity contribution in [2.24, 2.45) is 11.8 Å². The molecule has 0 fully saturated rings. The molecular formula is C26H43NO2. The first-order valence-electron chi connectivity index (χ1n) is 11.7. The van der Waals surface area contributed by atoms with Crippen LogP contribution in [-0.2, 0) is 11.2 Å². The van der Waals surface area contributed by atoms with Crippen LogP contribution in [0.1, 0.15) is 83.1 Å². The van der Waals surface area contributed by atoms with Crippen molar-refractivity contribution in [3.63, 3.8) is 0 Å². The van der Waals surface area contributed by atoms with Gasteiger partial charge in [0, 0.05) is 6.42 Å². The van der Waals surface area contributed by atoms with Crippen molar-refractivity contribution in [2.45, 2.75) is 84.0 Å². The molecule has 0 aliphatic heterocycles. The molecule has 0 saturated carbocycles. The molecule has 0 aromatic heterocycles. The van der Waals surface area contributed by atoms with E-state index >= 15 is 0 Å². The number of benzene rings is 1. The van der Waals surface area contributed by atoms with Gasteiger partial charge < -0.3 is 10.4 Å². The molecule has 3 nitrogen and oxygen atoms in total. The van der Waals surface area contributed by atoms with E-state index in [1.54, 1.807) is 0 Å². The summed E-state index contributed by atoms with van der Waals surface area (Å²) in [5, 5.41) is 12.3. The number of carboxylic acids is 1. The monoisotopic (exact) mass is 401 g/mol. The van der Waals surface area contributed by atoms with E-state index in [2.05, 4.69) is 54.7 Å². The third-order valence-corrected chi connectivity index (χ3v) is 5.71. The Bertz CT molecular complexity index is 541. The van der Waals surface area contributed by atoms with Gasteiger partial charge in [-0.25, -0.2) is 0 Å². The topological polar surface area (TPSA) is 49.3 Å². The van der Waals surface area contributed by atoms with Gasteiger partial charge in [-0.3, -0.25) is 4.79 Å². The number of aryl methyl sites for hydroxylation is 1. The first-order valence-corrected chi connectivity index (χ1v) is 11.7. The lowest BCUT2D eigenvalue weighted by molar-refractivity contribution is -0.137. The quantitative estimate of drug-likeness (QED) is 0.214. The smallest absolute Gasteiger partial charge is 0.303 e. The molecule has 0 saturated heterocycles. The van der Waals surface area contributed by atoms with Crippen LogP contribution >= 0.6 is 0 Å². The summed E-state index contributed by atoms with van der Waals surface area (Å²) in [4.78, 5) is 10.9. The van der Waals surface area contributed by atoms with E-state index in [4.69, 9.17) is 5.11 Å². The van der Waals surface area contributed by atoms with Crippen molar-refractivity contribution in [3.8, 4) is 0 Å². The van der Waals surface area contributed by atoms with Crippen molar-refractivity contribution in [3.05, 3.63) is 48.0 Å². The highest BCUT2D eigenvalue weighted by atomic mass is 16.4. The van der Waals surface area contributed by atoms with Crippen LogP contribution in [0.15, 0.2) is 42.5 Å². The van der Waals surface area contributed by atoms with Gasteiger partial charge in [-0.05, 0) is 82.4 Å². The molecule has 0 radical (unpaired) electrons. The second-order valence-corrected chi connectivity index (χ2v) is 8.39. The molecule has 0 aliphatic rings. The van der Waals surface area contributed by atoms with Crippen LogP contribution in [0.3, 0.4) is 0 Å². The van der Waals surface area contributed by atoms with E-state index in [9.17, 15) is 4.79 Å². The van der Waals surface area contributed by atoms with Gasteiger partial charge in [0.2, 0.25) is 0 Å². The lowest BCUT2D eigenvalue weighted by atomic mass is 9.85. The Labute approximate surface area is 179 Å². The summed E-state index contributed by atoms with van der Waals surface area (Å²) < 4.78 is 0. The summed E-state index contributed by atoms with van der Waals surface area (Å²) in [5.74, 6) is 0.531. The number of unbranched alkanes of at least 4 members (excludes halogenated alkanes) is 4. The Morgan fingerprint density at radius 2 is 1.83 bits per heavy atom. The fourth-order valence-electron chi connectivity index (χ4n) is 4.05. The Hall–Kier alpha value is -1.61. The number of carboxylic acid groups (broad SMARTS) is 1. The molecule has 1 rings (SSSR count). The van der Waals surface area contributed by atoms with E-state index < -0.39 is 5.97 Å². The fraction of sp³-hybridized carbons (Fsp3) is 0.654. The van der Waals surface area contributed by atoms with Gasteiger partial charge in [0.15, 0.2) is 0 Å². The van der Waals surface area contributed by atoms with Gasteiger partial charge in [0.1, 0.15) is 0 Å². The molecule has 164 valence electrons. The predicted octanol–water partition coefficient (Wildman–Crippen LogP) is 6.63. The molecule has 0 amide bonds. The number of hydrogen-bond donors (Lipinski definition) is 2. The highest BCUT2D eigenvalue weighted by molar-refractivity contribution is 5.66. The molecule has 3 heteroatoms. The van der Waals surface area contributed by atoms with Crippen LogP contribution in [-0.4, -0.2) is 24.7 Å². The third kappa shape index (κ3) is 14.1. The standard InChI is InChI=1S/C26H43NO2/c1-3-4-5-6-7-8-10-16-24(20-19-23-14-11-9-12-15-23)21-25(22-27-2)17-13-18-26(28)29/h8-12,14-15,24-25,27H,3-7,13,16-22H2,1-2H3,(H,28,29). The van der Waals surface area contributed by atoms with Gasteiger partial charge in [-0.15, -0.1) is 0 Å². The molecule has 0 bridgehead atoms. The Morgan fingerprint density at radius 3 is 2.52 bits per heavy atom. The summed E-state index contributed by atoms with van der Waals surface area (Å²) >= 11 is 0. The lowest BCUT2D eigenvalue weighted by Crippen LogP contribution is -2.22. The number of rotatable bonds is 18. The summed E-state index contributed by atoms with van der Waals surface area (Å²) in [7, 11) is 2.00. The maximum atomic E-state index is 10.9. The van der Waals surface area contributed by atoms with E-state index in [1.807, 2.05) is 7.05 Å². The lowest BCUT2D eigenvalue weighted by Gasteiger charge is -2.23. The van der Waals surface area contributed by atoms with Crippen molar-refractivity contribution in [2.75, 3.05) is 13.6 Å². The molecule has 0 heterocycles. The largest absolute Gasteiger partial charge is 0.481 e. The molecule has 2 N–H and O–H groups in total. The fourth-order valence-corrected chi connectivity index (χ4v) is 4.05.